The Morgan fingerprint density at radius 1 is 1.58 bits per heavy atom. The fraction of sp³-hybridized carbons (Fsp3) is 0.556. The first-order valence-corrected chi connectivity index (χ1v) is 4.65. The van der Waals surface area contributed by atoms with E-state index in [0.29, 0.717) is 5.22 Å². The van der Waals surface area contributed by atoms with Gasteiger partial charge in [-0.05, 0) is 30.6 Å². The van der Waals surface area contributed by atoms with Crippen LogP contribution in [0.25, 0.3) is 0 Å². The van der Waals surface area contributed by atoms with Gasteiger partial charge in [0.15, 0.2) is 5.22 Å². The molecule has 1 aromatic heterocycles. The topological polar surface area (TPSA) is 25.2 Å². The summed E-state index contributed by atoms with van der Waals surface area (Å²) in [5.41, 5.74) is 1.03. The molecule has 12 heavy (non-hydrogen) atoms. The molecule has 2 nitrogen and oxygen atoms in total. The first-order valence-electron chi connectivity index (χ1n) is 4.27. The van der Waals surface area contributed by atoms with Crippen molar-refractivity contribution < 1.29 is 4.42 Å². The van der Waals surface area contributed by atoms with Crippen molar-refractivity contribution in [2.45, 2.75) is 26.3 Å². The summed E-state index contributed by atoms with van der Waals surface area (Å²) in [5, 5.41) is 3.78. The zero-order chi connectivity index (χ0) is 8.81. The molecule has 1 rings (SSSR count). The maximum absolute atomic E-state index is 5.75. The molecule has 3 heteroatoms. The molecular weight excluding hydrogens is 174 g/mol. The highest BCUT2D eigenvalue weighted by atomic mass is 35.5. The molecule has 1 aromatic rings. The van der Waals surface area contributed by atoms with Gasteiger partial charge in [0.2, 0.25) is 0 Å². The van der Waals surface area contributed by atoms with Crippen molar-refractivity contribution in [1.29, 1.82) is 0 Å². The van der Waals surface area contributed by atoms with Crippen LogP contribution in [0, 0.1) is 0 Å². The van der Waals surface area contributed by atoms with E-state index in [1.807, 2.05) is 6.07 Å². The minimum Gasteiger partial charge on any atom is -0.453 e. The molecule has 0 amide bonds. The first-order chi connectivity index (χ1) is 5.84. The molecule has 0 radical (unpaired) electrons. The van der Waals surface area contributed by atoms with Crippen molar-refractivity contribution in [1.82, 2.24) is 5.32 Å². The molecule has 1 N–H and O–H groups in total. The number of hydrogen-bond donors (Lipinski definition) is 1. The third kappa shape index (κ3) is 2.88. The van der Waals surface area contributed by atoms with E-state index in [9.17, 15) is 0 Å². The predicted octanol–water partition coefficient (Wildman–Crippen LogP) is 2.82. The van der Waals surface area contributed by atoms with Crippen molar-refractivity contribution >= 4 is 11.6 Å². The second-order valence-electron chi connectivity index (χ2n) is 2.75. The Morgan fingerprint density at radius 2 is 2.42 bits per heavy atom. The maximum atomic E-state index is 5.75. The number of halogens is 1. The number of unbranched alkanes of at least 4 members (excludes halogenated alkanes) is 1. The van der Waals surface area contributed by atoms with Crippen LogP contribution < -0.4 is 5.32 Å². The van der Waals surface area contributed by atoms with Crippen molar-refractivity contribution in [2.75, 3.05) is 6.54 Å². The Balaban J connectivity index is 2.20. The summed E-state index contributed by atoms with van der Waals surface area (Å²) in [7, 11) is 0. The molecule has 68 valence electrons. The molecular formula is C9H14ClNO. The largest absolute Gasteiger partial charge is 0.453 e. The van der Waals surface area contributed by atoms with Crippen molar-refractivity contribution in [3.8, 4) is 0 Å². The summed E-state index contributed by atoms with van der Waals surface area (Å²) < 4.78 is 4.95. The zero-order valence-electron chi connectivity index (χ0n) is 7.27. The van der Waals surface area contributed by atoms with E-state index < -0.39 is 0 Å². The monoisotopic (exact) mass is 187 g/mol. The minimum absolute atomic E-state index is 0.499. The molecule has 0 unspecified atom stereocenters. The molecule has 0 bridgehead atoms. The Bertz CT molecular complexity index is 222. The van der Waals surface area contributed by atoms with E-state index in [1.165, 1.54) is 12.8 Å². The van der Waals surface area contributed by atoms with E-state index in [4.69, 9.17) is 16.0 Å². The van der Waals surface area contributed by atoms with Gasteiger partial charge in [-0.2, -0.15) is 0 Å². The average Bonchev–Trinajstić information content (AvgIpc) is 2.46. The first kappa shape index (κ1) is 9.62. The molecule has 0 saturated heterocycles. The molecule has 0 saturated carbocycles. The van der Waals surface area contributed by atoms with Gasteiger partial charge in [-0.3, -0.25) is 0 Å². The van der Waals surface area contributed by atoms with Crippen LogP contribution in [0.4, 0.5) is 0 Å². The Kier molecular flexibility index (Phi) is 4.19. The van der Waals surface area contributed by atoms with E-state index in [-0.39, 0.29) is 0 Å². The third-order valence-corrected chi connectivity index (χ3v) is 2.05. The van der Waals surface area contributed by atoms with Crippen LogP contribution in [-0.4, -0.2) is 6.54 Å². The van der Waals surface area contributed by atoms with E-state index >= 15 is 0 Å². The van der Waals surface area contributed by atoms with Crippen LogP contribution >= 0.6 is 11.6 Å². The van der Waals surface area contributed by atoms with Crippen molar-refractivity contribution in [3.63, 3.8) is 0 Å². The van der Waals surface area contributed by atoms with Gasteiger partial charge < -0.3 is 9.73 Å². The molecule has 0 aromatic carbocycles. The van der Waals surface area contributed by atoms with Gasteiger partial charge >= 0.3 is 0 Å². The van der Waals surface area contributed by atoms with E-state index in [0.717, 1.165) is 18.7 Å². The molecule has 0 fully saturated rings. The minimum atomic E-state index is 0.499. The summed E-state index contributed by atoms with van der Waals surface area (Å²) in [6.07, 6.45) is 4.03. The fourth-order valence-electron chi connectivity index (χ4n) is 0.970. The van der Waals surface area contributed by atoms with E-state index in [2.05, 4.69) is 12.2 Å². The van der Waals surface area contributed by atoms with E-state index in [1.54, 1.807) is 6.26 Å². The lowest BCUT2D eigenvalue weighted by Crippen LogP contribution is -2.13. The van der Waals surface area contributed by atoms with Gasteiger partial charge in [-0.1, -0.05) is 13.3 Å². The maximum Gasteiger partial charge on any atom is 0.197 e. The molecule has 0 aliphatic carbocycles. The summed E-state index contributed by atoms with van der Waals surface area (Å²) in [6.45, 7) is 4.01. The number of furan rings is 1. The van der Waals surface area contributed by atoms with Gasteiger partial charge in [-0.15, -0.1) is 0 Å². The van der Waals surface area contributed by atoms with Gasteiger partial charge in [0.05, 0.1) is 6.26 Å². The van der Waals surface area contributed by atoms with Crippen LogP contribution in [0.15, 0.2) is 16.7 Å². The van der Waals surface area contributed by atoms with Crippen molar-refractivity contribution in [3.05, 3.63) is 23.1 Å². The van der Waals surface area contributed by atoms with Crippen LogP contribution in [0.2, 0.25) is 5.22 Å². The van der Waals surface area contributed by atoms with Crippen molar-refractivity contribution in [2.24, 2.45) is 0 Å². The lowest BCUT2D eigenvalue weighted by molar-refractivity contribution is 0.561. The lowest BCUT2D eigenvalue weighted by Gasteiger charge is -2.00. The third-order valence-electron chi connectivity index (χ3n) is 1.72. The number of nitrogens with one attached hydrogen (secondary N) is 1. The standard InChI is InChI=1S/C9H14ClNO/c1-2-3-5-11-7-8-4-6-12-9(8)10/h4,6,11H,2-3,5,7H2,1H3. The summed E-state index contributed by atoms with van der Waals surface area (Å²) in [5.74, 6) is 0. The normalized spacial score (nSPS) is 10.5. The smallest absolute Gasteiger partial charge is 0.197 e. The number of hydrogen-bond acceptors (Lipinski definition) is 2. The Morgan fingerprint density at radius 3 is 3.00 bits per heavy atom. The van der Waals surface area contributed by atoms with Crippen LogP contribution in [0.5, 0.6) is 0 Å². The second kappa shape index (κ2) is 5.22. The quantitative estimate of drug-likeness (QED) is 0.718. The lowest BCUT2D eigenvalue weighted by atomic mass is 10.3. The fourth-order valence-corrected chi connectivity index (χ4v) is 1.15. The summed E-state index contributed by atoms with van der Waals surface area (Å²) >= 11 is 5.75. The zero-order valence-corrected chi connectivity index (χ0v) is 8.03. The molecule has 1 heterocycles. The van der Waals surface area contributed by atoms with Crippen LogP contribution in [0.1, 0.15) is 25.3 Å². The molecule has 0 spiro atoms. The van der Waals surface area contributed by atoms with Gasteiger partial charge in [0.1, 0.15) is 0 Å². The molecule has 0 aliphatic heterocycles. The second-order valence-corrected chi connectivity index (χ2v) is 3.09. The average molecular weight is 188 g/mol. The summed E-state index contributed by atoms with van der Waals surface area (Å²) in [6, 6.07) is 1.89. The Labute approximate surface area is 77.9 Å². The highest BCUT2D eigenvalue weighted by molar-refractivity contribution is 6.29. The van der Waals surface area contributed by atoms with Gasteiger partial charge in [-0.25, -0.2) is 0 Å². The van der Waals surface area contributed by atoms with Gasteiger partial charge in [0, 0.05) is 12.1 Å². The van der Waals surface area contributed by atoms with Crippen LogP contribution in [0.3, 0.4) is 0 Å². The molecule has 0 aliphatic rings. The van der Waals surface area contributed by atoms with Crippen LogP contribution in [-0.2, 0) is 6.54 Å². The highest BCUT2D eigenvalue weighted by Crippen LogP contribution is 2.15. The highest BCUT2D eigenvalue weighted by Gasteiger charge is 2.00. The predicted molar refractivity (Wildman–Crippen MR) is 50.3 cm³/mol. The Hall–Kier alpha value is -0.470. The van der Waals surface area contributed by atoms with Gasteiger partial charge in [0.25, 0.3) is 0 Å². The SMILES string of the molecule is CCCCNCc1ccoc1Cl. The summed E-state index contributed by atoms with van der Waals surface area (Å²) in [4.78, 5) is 0. The number of rotatable bonds is 5. The molecule has 0 atom stereocenters.